The number of pyridine rings is 1. The quantitative estimate of drug-likeness (QED) is 0.196. The molecule has 4 rings (SSSR count). The third-order valence-corrected chi connectivity index (χ3v) is 5.90. The van der Waals surface area contributed by atoms with E-state index in [2.05, 4.69) is 15.6 Å². The van der Waals surface area contributed by atoms with Gasteiger partial charge in [0, 0.05) is 29.7 Å². The number of carbonyl (C=O) groups is 1. The molecule has 0 saturated carbocycles. The van der Waals surface area contributed by atoms with Crippen LogP contribution in [-0.4, -0.2) is 16.0 Å². The highest BCUT2D eigenvalue weighted by Gasteiger charge is 2.16. The van der Waals surface area contributed by atoms with Crippen LogP contribution in [0.1, 0.15) is 27.7 Å². The monoisotopic (exact) mass is 492 g/mol. The van der Waals surface area contributed by atoms with Crippen LogP contribution in [0.25, 0.3) is 11.3 Å². The minimum atomic E-state index is -0.980. The van der Waals surface area contributed by atoms with Crippen LogP contribution in [0, 0.1) is 0 Å². The van der Waals surface area contributed by atoms with E-state index in [4.69, 9.17) is 28.9 Å². The highest BCUT2D eigenvalue weighted by Crippen LogP contribution is 2.30. The minimum Gasteiger partial charge on any atom is -0.398 e. The third-order valence-electron chi connectivity index (χ3n) is 5.26. The van der Waals surface area contributed by atoms with Gasteiger partial charge in [0.15, 0.2) is 0 Å². The molecular formula is C26H22Cl2N4O2. The number of anilines is 2. The number of halogens is 2. The van der Waals surface area contributed by atoms with Gasteiger partial charge in [-0.05, 0) is 59.7 Å². The van der Waals surface area contributed by atoms with Crippen LogP contribution in [-0.2, 0) is 6.54 Å². The van der Waals surface area contributed by atoms with Crippen LogP contribution in [0.5, 0.6) is 0 Å². The lowest BCUT2D eigenvalue weighted by atomic mass is 10.1. The molecule has 1 unspecified atom stereocenters. The van der Waals surface area contributed by atoms with E-state index in [-0.39, 0.29) is 16.5 Å². The van der Waals surface area contributed by atoms with Gasteiger partial charge in [0.1, 0.15) is 6.23 Å². The molecule has 1 amide bonds. The number of amides is 1. The summed E-state index contributed by atoms with van der Waals surface area (Å²) in [6, 6.07) is 22.9. The molecule has 172 valence electrons. The van der Waals surface area contributed by atoms with Crippen LogP contribution >= 0.6 is 23.2 Å². The lowest BCUT2D eigenvalue weighted by Crippen LogP contribution is -2.21. The van der Waals surface area contributed by atoms with Gasteiger partial charge in [-0.15, -0.1) is 0 Å². The fraction of sp³-hybridized carbons (Fsp3) is 0.0769. The molecule has 1 atom stereocenters. The molecule has 0 saturated heterocycles. The van der Waals surface area contributed by atoms with Gasteiger partial charge in [-0.1, -0.05) is 53.5 Å². The van der Waals surface area contributed by atoms with Crippen molar-refractivity contribution in [3.8, 4) is 11.3 Å². The molecule has 1 aromatic heterocycles. The molecule has 0 aliphatic rings. The van der Waals surface area contributed by atoms with E-state index >= 15 is 0 Å². The summed E-state index contributed by atoms with van der Waals surface area (Å²) in [4.78, 5) is 17.2. The predicted octanol–water partition coefficient (Wildman–Crippen LogP) is 5.67. The van der Waals surface area contributed by atoms with E-state index in [9.17, 15) is 9.90 Å². The fourth-order valence-electron chi connectivity index (χ4n) is 3.43. The zero-order valence-electron chi connectivity index (χ0n) is 18.0. The number of nitrogens with one attached hydrogen (secondary N) is 2. The predicted molar refractivity (Wildman–Crippen MR) is 137 cm³/mol. The Morgan fingerprint density at radius 3 is 2.50 bits per heavy atom. The van der Waals surface area contributed by atoms with Crippen molar-refractivity contribution in [2.45, 2.75) is 12.8 Å². The number of hydrogen-bond acceptors (Lipinski definition) is 5. The van der Waals surface area contributed by atoms with Crippen molar-refractivity contribution in [1.82, 2.24) is 10.3 Å². The second kappa shape index (κ2) is 10.7. The Kier molecular flexibility index (Phi) is 7.45. The lowest BCUT2D eigenvalue weighted by molar-refractivity contribution is 0.102. The number of para-hydroxylation sites is 1. The Morgan fingerprint density at radius 2 is 1.76 bits per heavy atom. The van der Waals surface area contributed by atoms with E-state index in [0.717, 1.165) is 5.56 Å². The number of hydrogen-bond donors (Lipinski definition) is 4. The summed E-state index contributed by atoms with van der Waals surface area (Å²) in [5.41, 5.74) is 10.2. The summed E-state index contributed by atoms with van der Waals surface area (Å²) >= 11 is 12.7. The molecule has 0 aliphatic carbocycles. The number of carbonyl (C=O) groups excluding carboxylic acids is 1. The van der Waals surface area contributed by atoms with Crippen molar-refractivity contribution in [2.75, 3.05) is 11.1 Å². The summed E-state index contributed by atoms with van der Waals surface area (Å²) in [5, 5.41) is 17.1. The van der Waals surface area contributed by atoms with Crippen LogP contribution in [0.4, 0.5) is 11.4 Å². The molecule has 4 aromatic rings. The van der Waals surface area contributed by atoms with Crippen LogP contribution in [0.15, 0.2) is 85.1 Å². The summed E-state index contributed by atoms with van der Waals surface area (Å²) < 4.78 is 0. The second-order valence-corrected chi connectivity index (χ2v) is 8.40. The smallest absolute Gasteiger partial charge is 0.257 e. The van der Waals surface area contributed by atoms with Crippen molar-refractivity contribution in [3.05, 3.63) is 112 Å². The summed E-state index contributed by atoms with van der Waals surface area (Å²) in [6.07, 6.45) is 0.697. The summed E-state index contributed by atoms with van der Waals surface area (Å²) in [5.74, 6) is -0.384. The molecule has 0 spiro atoms. The van der Waals surface area contributed by atoms with Crippen LogP contribution in [0.2, 0.25) is 10.0 Å². The average molecular weight is 493 g/mol. The van der Waals surface area contributed by atoms with Crippen molar-refractivity contribution >= 4 is 40.5 Å². The Balaban J connectivity index is 1.46. The number of aliphatic hydroxyl groups excluding tert-OH is 1. The number of nitrogens with two attached hydrogens (primary N) is 1. The van der Waals surface area contributed by atoms with E-state index in [1.807, 2.05) is 36.4 Å². The Bertz CT molecular complexity index is 1320. The number of aliphatic hydroxyl groups is 1. The maximum absolute atomic E-state index is 12.9. The van der Waals surface area contributed by atoms with Gasteiger partial charge in [0.05, 0.1) is 21.3 Å². The molecule has 0 bridgehead atoms. The molecule has 6 nitrogen and oxygen atoms in total. The first kappa shape index (κ1) is 23.7. The first-order valence-electron chi connectivity index (χ1n) is 10.5. The zero-order chi connectivity index (χ0) is 24.1. The van der Waals surface area contributed by atoms with Crippen molar-refractivity contribution in [1.29, 1.82) is 0 Å². The lowest BCUT2D eigenvalue weighted by Gasteiger charge is -2.16. The van der Waals surface area contributed by atoms with Crippen LogP contribution < -0.4 is 16.4 Å². The second-order valence-electron chi connectivity index (χ2n) is 7.59. The van der Waals surface area contributed by atoms with Gasteiger partial charge >= 0.3 is 0 Å². The van der Waals surface area contributed by atoms with Gasteiger partial charge in [0.2, 0.25) is 0 Å². The standard InChI is InChI=1S/C26H22Cl2N4O2/c27-21-11-9-18(14-20(21)24-7-3-4-12-30-24)32-26(34)19-10-8-16(13-22(19)28)25(33)31-15-17-5-1-2-6-23(17)29/h1-14,25,31,33H,15,29H2,(H,32,34). The van der Waals surface area contributed by atoms with Crippen molar-refractivity contribution < 1.29 is 9.90 Å². The molecule has 0 aliphatic heterocycles. The van der Waals surface area contributed by atoms with Gasteiger partial charge in [-0.25, -0.2) is 0 Å². The maximum atomic E-state index is 12.9. The molecule has 0 fully saturated rings. The van der Waals surface area contributed by atoms with Gasteiger partial charge < -0.3 is 16.2 Å². The summed E-state index contributed by atoms with van der Waals surface area (Å²) in [6.45, 7) is 0.378. The number of rotatable bonds is 7. The van der Waals surface area contributed by atoms with Gasteiger partial charge in [-0.3, -0.25) is 15.1 Å². The molecule has 5 N–H and O–H groups in total. The fourth-order valence-corrected chi connectivity index (χ4v) is 3.91. The number of nitrogen functional groups attached to an aromatic ring is 1. The van der Waals surface area contributed by atoms with E-state index < -0.39 is 6.23 Å². The third kappa shape index (κ3) is 5.55. The number of aromatic nitrogens is 1. The van der Waals surface area contributed by atoms with E-state index in [1.165, 1.54) is 0 Å². The average Bonchev–Trinajstić information content (AvgIpc) is 2.85. The van der Waals surface area contributed by atoms with Crippen LogP contribution in [0.3, 0.4) is 0 Å². The molecule has 34 heavy (non-hydrogen) atoms. The molecule has 1 heterocycles. The zero-order valence-corrected chi connectivity index (χ0v) is 19.5. The normalized spacial score (nSPS) is 11.7. The Hall–Kier alpha value is -3.42. The SMILES string of the molecule is Nc1ccccc1CNC(O)c1ccc(C(=O)Nc2ccc(Cl)c(-c3ccccn3)c2)c(Cl)c1. The topological polar surface area (TPSA) is 100 Å². The molecule has 3 aromatic carbocycles. The minimum absolute atomic E-state index is 0.217. The van der Waals surface area contributed by atoms with Gasteiger partial charge in [-0.2, -0.15) is 0 Å². The molecule has 0 radical (unpaired) electrons. The molecule has 8 heteroatoms. The van der Waals surface area contributed by atoms with E-state index in [1.54, 1.807) is 48.7 Å². The van der Waals surface area contributed by atoms with Crippen molar-refractivity contribution in [2.24, 2.45) is 0 Å². The highest BCUT2D eigenvalue weighted by molar-refractivity contribution is 6.35. The Morgan fingerprint density at radius 1 is 0.971 bits per heavy atom. The molecular weight excluding hydrogens is 471 g/mol. The number of benzene rings is 3. The largest absolute Gasteiger partial charge is 0.398 e. The van der Waals surface area contributed by atoms with E-state index in [0.29, 0.717) is 39.8 Å². The first-order chi connectivity index (χ1) is 16.4. The number of nitrogens with zero attached hydrogens (tertiary/aromatic N) is 1. The van der Waals surface area contributed by atoms with Gasteiger partial charge in [0.25, 0.3) is 5.91 Å². The van der Waals surface area contributed by atoms with Crippen molar-refractivity contribution in [3.63, 3.8) is 0 Å². The first-order valence-corrected chi connectivity index (χ1v) is 11.2. The summed E-state index contributed by atoms with van der Waals surface area (Å²) in [7, 11) is 0. The maximum Gasteiger partial charge on any atom is 0.257 e. The highest BCUT2D eigenvalue weighted by atomic mass is 35.5. The Labute approximate surface area is 207 Å².